The number of rotatable bonds is 6. The molecule has 1 aliphatic rings. The molecule has 18 heavy (non-hydrogen) atoms. The predicted molar refractivity (Wildman–Crippen MR) is 62.0 cm³/mol. The van der Waals surface area contributed by atoms with E-state index in [0.717, 1.165) is 12.8 Å². The molecule has 0 aromatic rings. The number of hydrogen-bond acceptors (Lipinski definition) is 4. The van der Waals surface area contributed by atoms with Crippen LogP contribution in [0.25, 0.3) is 0 Å². The van der Waals surface area contributed by atoms with E-state index >= 15 is 0 Å². The zero-order valence-electron chi connectivity index (χ0n) is 10.1. The molecule has 0 bridgehead atoms. The van der Waals surface area contributed by atoms with Crippen LogP contribution in [-0.4, -0.2) is 42.8 Å². The van der Waals surface area contributed by atoms with E-state index in [1.54, 1.807) is 0 Å². The Kier molecular flexibility index (Phi) is 6.13. The molecule has 3 amide bonds. The summed E-state index contributed by atoms with van der Waals surface area (Å²) < 4.78 is 4.54. The molecule has 7 nitrogen and oxygen atoms in total. The molecule has 0 radical (unpaired) electrons. The molecule has 0 heterocycles. The van der Waals surface area contributed by atoms with E-state index in [4.69, 9.17) is 5.11 Å². The summed E-state index contributed by atoms with van der Waals surface area (Å²) >= 11 is 0. The molecule has 0 spiro atoms. The van der Waals surface area contributed by atoms with Gasteiger partial charge in [-0.2, -0.15) is 0 Å². The average molecular weight is 258 g/mol. The maximum Gasteiger partial charge on any atom is 0.329 e. The van der Waals surface area contributed by atoms with Gasteiger partial charge < -0.3 is 15.2 Å². The monoisotopic (exact) mass is 258 g/mol. The van der Waals surface area contributed by atoms with Crippen LogP contribution in [-0.2, 0) is 14.3 Å². The highest BCUT2D eigenvalue weighted by molar-refractivity contribution is 5.94. The van der Waals surface area contributed by atoms with Gasteiger partial charge in [-0.15, -0.1) is 0 Å². The van der Waals surface area contributed by atoms with Crippen molar-refractivity contribution in [3.05, 3.63) is 0 Å². The molecule has 0 saturated heterocycles. The third-order valence-electron chi connectivity index (χ3n) is 2.74. The van der Waals surface area contributed by atoms with E-state index in [2.05, 4.69) is 15.4 Å². The Labute approximate surface area is 105 Å². The number of aliphatic carboxylic acids is 1. The second-order valence-corrected chi connectivity index (χ2v) is 4.30. The van der Waals surface area contributed by atoms with E-state index in [9.17, 15) is 14.4 Å². The lowest BCUT2D eigenvalue weighted by Gasteiger charge is -2.10. The van der Waals surface area contributed by atoms with Crippen LogP contribution in [0.3, 0.4) is 0 Å². The maximum atomic E-state index is 11.3. The van der Waals surface area contributed by atoms with Crippen LogP contribution in [0.15, 0.2) is 0 Å². The molecule has 1 saturated carbocycles. The van der Waals surface area contributed by atoms with Crippen LogP contribution in [0.4, 0.5) is 4.79 Å². The lowest BCUT2D eigenvalue weighted by molar-refractivity contribution is -0.143. The Hall–Kier alpha value is -1.63. The van der Waals surface area contributed by atoms with Crippen LogP contribution < -0.4 is 10.6 Å². The van der Waals surface area contributed by atoms with Crippen LogP contribution in [0.5, 0.6) is 0 Å². The second-order valence-electron chi connectivity index (χ2n) is 4.30. The van der Waals surface area contributed by atoms with Crippen molar-refractivity contribution in [3.8, 4) is 0 Å². The summed E-state index contributed by atoms with van der Waals surface area (Å²) in [6.45, 7) is -0.435. The van der Waals surface area contributed by atoms with Crippen LogP contribution in [0.2, 0.25) is 0 Å². The first-order valence-electron chi connectivity index (χ1n) is 5.95. The van der Waals surface area contributed by atoms with Gasteiger partial charge in [0.05, 0.1) is 0 Å². The van der Waals surface area contributed by atoms with Crippen molar-refractivity contribution in [2.45, 2.75) is 25.7 Å². The Morgan fingerprint density at radius 3 is 2.44 bits per heavy atom. The molecule has 1 fully saturated rings. The SMILES string of the molecule is O=C(O)COCC(=O)NC(=O)NCC1CCCC1. The highest BCUT2D eigenvalue weighted by atomic mass is 16.5. The summed E-state index contributed by atoms with van der Waals surface area (Å²) in [6.07, 6.45) is 4.59. The smallest absolute Gasteiger partial charge is 0.329 e. The van der Waals surface area contributed by atoms with E-state index in [0.29, 0.717) is 12.5 Å². The number of carboxylic acid groups (broad SMARTS) is 1. The fraction of sp³-hybridized carbons (Fsp3) is 0.727. The van der Waals surface area contributed by atoms with Crippen molar-refractivity contribution < 1.29 is 24.2 Å². The lowest BCUT2D eigenvalue weighted by Crippen LogP contribution is -2.42. The van der Waals surface area contributed by atoms with Crippen molar-refractivity contribution in [2.75, 3.05) is 19.8 Å². The predicted octanol–water partition coefficient (Wildman–Crippen LogP) is 0.104. The van der Waals surface area contributed by atoms with Crippen molar-refractivity contribution in [3.63, 3.8) is 0 Å². The van der Waals surface area contributed by atoms with Crippen LogP contribution in [0.1, 0.15) is 25.7 Å². The van der Waals surface area contributed by atoms with E-state index in [1.165, 1.54) is 12.8 Å². The molecule has 1 rings (SSSR count). The summed E-state index contributed by atoms with van der Waals surface area (Å²) in [5.41, 5.74) is 0. The van der Waals surface area contributed by atoms with Gasteiger partial charge in [-0.1, -0.05) is 12.8 Å². The van der Waals surface area contributed by atoms with Crippen molar-refractivity contribution in [1.29, 1.82) is 0 Å². The standard InChI is InChI=1S/C11H18N2O5/c14-9(6-18-7-10(15)16)13-11(17)12-5-8-3-1-2-4-8/h8H,1-7H2,(H,15,16)(H2,12,13,14,17). The van der Waals surface area contributed by atoms with E-state index < -0.39 is 31.1 Å². The van der Waals surface area contributed by atoms with Crippen LogP contribution in [0, 0.1) is 5.92 Å². The molecule has 1 aliphatic carbocycles. The molecule has 0 aliphatic heterocycles. The molecule has 3 N–H and O–H groups in total. The first kappa shape index (κ1) is 14.4. The first-order valence-corrected chi connectivity index (χ1v) is 5.95. The number of imide groups is 1. The van der Waals surface area contributed by atoms with E-state index in [-0.39, 0.29) is 0 Å². The molecule has 0 atom stereocenters. The third kappa shape index (κ3) is 6.19. The van der Waals surface area contributed by atoms with Gasteiger partial charge in [0.25, 0.3) is 5.91 Å². The van der Waals surface area contributed by atoms with Crippen LogP contribution >= 0.6 is 0 Å². The number of nitrogens with one attached hydrogen (secondary N) is 2. The minimum absolute atomic E-state index is 0.441. The van der Waals surface area contributed by atoms with Gasteiger partial charge in [0.15, 0.2) is 0 Å². The zero-order chi connectivity index (χ0) is 13.4. The number of carbonyl (C=O) groups is 3. The molecular weight excluding hydrogens is 240 g/mol. The number of hydrogen-bond donors (Lipinski definition) is 3. The van der Waals surface area contributed by atoms with Gasteiger partial charge in [-0.05, 0) is 18.8 Å². The number of carboxylic acids is 1. The molecule has 0 aromatic heterocycles. The van der Waals surface area contributed by atoms with Gasteiger partial charge in [0.2, 0.25) is 0 Å². The van der Waals surface area contributed by atoms with Gasteiger partial charge in [0.1, 0.15) is 13.2 Å². The summed E-state index contributed by atoms with van der Waals surface area (Å²) in [5, 5.41) is 13.0. The Morgan fingerprint density at radius 2 is 1.83 bits per heavy atom. The normalized spacial score (nSPS) is 15.3. The van der Waals surface area contributed by atoms with E-state index in [1.807, 2.05) is 0 Å². The topological polar surface area (TPSA) is 105 Å². The summed E-state index contributed by atoms with van der Waals surface area (Å²) in [7, 11) is 0. The van der Waals surface area contributed by atoms with Gasteiger partial charge in [0, 0.05) is 6.54 Å². The number of amides is 3. The third-order valence-corrected chi connectivity index (χ3v) is 2.74. The molecule has 102 valence electrons. The minimum atomic E-state index is -1.16. The van der Waals surface area contributed by atoms with Gasteiger partial charge in [-0.25, -0.2) is 9.59 Å². The molecule has 0 aromatic carbocycles. The highest BCUT2D eigenvalue weighted by Gasteiger charge is 2.16. The fourth-order valence-electron chi connectivity index (χ4n) is 1.89. The van der Waals surface area contributed by atoms with Crippen molar-refractivity contribution in [1.82, 2.24) is 10.6 Å². The Balaban J connectivity index is 2.07. The Bertz CT molecular complexity index is 313. The molecule has 0 unspecified atom stereocenters. The van der Waals surface area contributed by atoms with Crippen molar-refractivity contribution in [2.24, 2.45) is 5.92 Å². The Morgan fingerprint density at radius 1 is 1.17 bits per heavy atom. The van der Waals surface area contributed by atoms with Gasteiger partial charge >= 0.3 is 12.0 Å². The number of urea groups is 1. The lowest BCUT2D eigenvalue weighted by atomic mass is 10.1. The number of ether oxygens (including phenoxy) is 1. The van der Waals surface area contributed by atoms with Gasteiger partial charge in [-0.3, -0.25) is 10.1 Å². The van der Waals surface area contributed by atoms with Crippen molar-refractivity contribution >= 4 is 17.9 Å². The summed E-state index contributed by atoms with van der Waals surface area (Å²) in [5.74, 6) is -1.32. The minimum Gasteiger partial charge on any atom is -0.480 e. The second kappa shape index (κ2) is 7.65. The summed E-state index contributed by atoms with van der Waals surface area (Å²) in [4.78, 5) is 32.5. The molecular formula is C11H18N2O5. The number of carbonyl (C=O) groups excluding carboxylic acids is 2. The average Bonchev–Trinajstić information content (AvgIpc) is 2.78. The largest absolute Gasteiger partial charge is 0.480 e. The first-order chi connectivity index (χ1) is 8.58. The summed E-state index contributed by atoms with van der Waals surface area (Å²) in [6, 6.07) is -0.564. The maximum absolute atomic E-state index is 11.3. The highest BCUT2D eigenvalue weighted by Crippen LogP contribution is 2.23. The zero-order valence-corrected chi connectivity index (χ0v) is 10.1. The quantitative estimate of drug-likeness (QED) is 0.627. The fourth-order valence-corrected chi connectivity index (χ4v) is 1.89. The molecule has 7 heteroatoms.